The summed E-state index contributed by atoms with van der Waals surface area (Å²) in [6, 6.07) is 0. The van der Waals surface area contributed by atoms with Gasteiger partial charge in [-0.1, -0.05) is 21.1 Å². The van der Waals surface area contributed by atoms with E-state index < -0.39 is 0 Å². The smallest absolute Gasteiger partial charge is 0.0737 e. The molecule has 0 saturated heterocycles. The first-order valence-corrected chi connectivity index (χ1v) is 7.15. The minimum atomic E-state index is 0.271. The Bertz CT molecular complexity index is 265. The summed E-state index contributed by atoms with van der Waals surface area (Å²) in [7, 11) is 0. The van der Waals surface area contributed by atoms with Crippen LogP contribution in [-0.2, 0) is 0 Å². The van der Waals surface area contributed by atoms with Gasteiger partial charge >= 0.3 is 0 Å². The lowest BCUT2D eigenvalue weighted by molar-refractivity contribution is -0.0138. The van der Waals surface area contributed by atoms with Crippen LogP contribution in [0.25, 0.3) is 0 Å². The van der Waals surface area contributed by atoms with E-state index in [9.17, 15) is 0 Å². The molecule has 0 spiro atoms. The molecule has 4 rings (SSSR count). The third kappa shape index (κ3) is 1.46. The Morgan fingerprint density at radius 1 is 1.13 bits per heavy atom. The molecule has 0 radical (unpaired) electrons. The Labute approximate surface area is 99.2 Å². The first kappa shape index (κ1) is 10.1. The second-order valence-corrected chi connectivity index (χ2v) is 6.44. The Hall–Kier alpha value is -0.0500. The van der Waals surface area contributed by atoms with Gasteiger partial charge in [-0.3, -0.25) is 0 Å². The average molecular weight is 272 g/mol. The van der Waals surface area contributed by atoms with E-state index in [4.69, 9.17) is 5.21 Å². The molecule has 0 aromatic carbocycles. The van der Waals surface area contributed by atoms with Gasteiger partial charge in [-0.15, -0.1) is 0 Å². The Kier molecular flexibility index (Phi) is 2.35. The quantitative estimate of drug-likeness (QED) is 0.355. The van der Waals surface area contributed by atoms with Crippen molar-refractivity contribution in [3.05, 3.63) is 0 Å². The molecular formula is C12H18BrNO. The molecule has 0 atom stereocenters. The van der Waals surface area contributed by atoms with Crippen LogP contribution >= 0.6 is 15.9 Å². The SMILES string of the molecule is ON=C(CBr)C12CC3CC(CC(C3)C1)C2. The zero-order valence-corrected chi connectivity index (χ0v) is 10.5. The third-order valence-electron chi connectivity index (χ3n) is 4.90. The van der Waals surface area contributed by atoms with E-state index >= 15 is 0 Å². The van der Waals surface area contributed by atoms with Crippen LogP contribution in [0.3, 0.4) is 0 Å². The maximum atomic E-state index is 9.14. The molecule has 0 aliphatic heterocycles. The van der Waals surface area contributed by atoms with Gasteiger partial charge in [0.15, 0.2) is 0 Å². The summed E-state index contributed by atoms with van der Waals surface area (Å²) < 4.78 is 0. The summed E-state index contributed by atoms with van der Waals surface area (Å²) >= 11 is 3.48. The molecule has 0 amide bonds. The molecule has 3 heteroatoms. The van der Waals surface area contributed by atoms with Gasteiger partial charge in [0.05, 0.1) is 5.71 Å². The van der Waals surface area contributed by atoms with Crippen molar-refractivity contribution in [3.63, 3.8) is 0 Å². The van der Waals surface area contributed by atoms with Crippen molar-refractivity contribution in [2.75, 3.05) is 5.33 Å². The molecule has 4 aliphatic carbocycles. The standard InChI is InChI=1S/C12H18BrNO/c13-7-11(14-15)12-4-8-1-9(5-12)3-10(2-8)6-12/h8-10,15H,1-7H2. The first-order valence-electron chi connectivity index (χ1n) is 6.03. The molecular weight excluding hydrogens is 254 g/mol. The van der Waals surface area contributed by atoms with Crippen molar-refractivity contribution >= 4 is 21.6 Å². The molecule has 4 saturated carbocycles. The lowest BCUT2D eigenvalue weighted by Crippen LogP contribution is -2.50. The molecule has 4 aliphatic rings. The number of hydrogen-bond donors (Lipinski definition) is 1. The van der Waals surface area contributed by atoms with Crippen molar-refractivity contribution in [2.24, 2.45) is 28.3 Å². The topological polar surface area (TPSA) is 32.6 Å². The predicted octanol–water partition coefficient (Wildman–Crippen LogP) is 3.43. The second kappa shape index (κ2) is 3.47. The summed E-state index contributed by atoms with van der Waals surface area (Å²) in [5.74, 6) is 2.77. The predicted molar refractivity (Wildman–Crippen MR) is 63.6 cm³/mol. The monoisotopic (exact) mass is 271 g/mol. The number of halogens is 1. The van der Waals surface area contributed by atoms with Crippen LogP contribution in [0.2, 0.25) is 0 Å². The van der Waals surface area contributed by atoms with E-state index in [-0.39, 0.29) is 5.41 Å². The van der Waals surface area contributed by atoms with Crippen LogP contribution in [0.15, 0.2) is 5.16 Å². The van der Waals surface area contributed by atoms with Crippen LogP contribution in [0.5, 0.6) is 0 Å². The van der Waals surface area contributed by atoms with Crippen molar-refractivity contribution < 1.29 is 5.21 Å². The summed E-state index contributed by atoms with van der Waals surface area (Å²) in [4.78, 5) is 0. The van der Waals surface area contributed by atoms with Crippen LogP contribution in [0.1, 0.15) is 38.5 Å². The van der Waals surface area contributed by atoms with E-state index in [0.29, 0.717) is 0 Å². The molecule has 2 nitrogen and oxygen atoms in total. The minimum Gasteiger partial charge on any atom is -0.411 e. The summed E-state index contributed by atoms with van der Waals surface area (Å²) in [5.41, 5.74) is 1.29. The van der Waals surface area contributed by atoms with Gasteiger partial charge in [0, 0.05) is 10.7 Å². The van der Waals surface area contributed by atoms with Crippen molar-refractivity contribution in [1.82, 2.24) is 0 Å². The fourth-order valence-corrected chi connectivity index (χ4v) is 5.45. The average Bonchev–Trinajstić information content (AvgIpc) is 2.16. The molecule has 0 heterocycles. The van der Waals surface area contributed by atoms with Gasteiger partial charge in [-0.05, 0) is 56.3 Å². The second-order valence-electron chi connectivity index (χ2n) is 5.88. The van der Waals surface area contributed by atoms with Crippen LogP contribution in [-0.4, -0.2) is 16.2 Å². The van der Waals surface area contributed by atoms with E-state index in [2.05, 4.69) is 21.1 Å². The lowest BCUT2D eigenvalue weighted by atomic mass is 9.48. The number of oxime groups is 1. The molecule has 84 valence electrons. The Morgan fingerprint density at radius 2 is 1.60 bits per heavy atom. The third-order valence-corrected chi connectivity index (χ3v) is 5.43. The highest BCUT2D eigenvalue weighted by Crippen LogP contribution is 2.60. The molecule has 15 heavy (non-hydrogen) atoms. The molecule has 0 aromatic heterocycles. The maximum absolute atomic E-state index is 9.14. The van der Waals surface area contributed by atoms with Gasteiger partial charge < -0.3 is 5.21 Å². The van der Waals surface area contributed by atoms with Crippen molar-refractivity contribution in [3.8, 4) is 0 Å². The largest absolute Gasteiger partial charge is 0.411 e. The van der Waals surface area contributed by atoms with Crippen LogP contribution < -0.4 is 0 Å². The fourth-order valence-electron chi connectivity index (χ4n) is 4.74. The highest BCUT2D eigenvalue weighted by atomic mass is 79.9. The molecule has 0 aromatic rings. The fraction of sp³-hybridized carbons (Fsp3) is 0.917. The van der Waals surface area contributed by atoms with E-state index in [1.165, 1.54) is 38.5 Å². The van der Waals surface area contributed by atoms with Crippen LogP contribution in [0.4, 0.5) is 0 Å². The minimum absolute atomic E-state index is 0.271. The maximum Gasteiger partial charge on any atom is 0.0737 e. The van der Waals surface area contributed by atoms with Gasteiger partial charge in [-0.25, -0.2) is 0 Å². The molecule has 4 bridgehead atoms. The molecule has 1 N–H and O–H groups in total. The van der Waals surface area contributed by atoms with E-state index in [1.807, 2.05) is 0 Å². The lowest BCUT2D eigenvalue weighted by Gasteiger charge is -2.56. The van der Waals surface area contributed by atoms with Gasteiger partial charge in [0.2, 0.25) is 0 Å². The number of hydrogen-bond acceptors (Lipinski definition) is 2. The van der Waals surface area contributed by atoms with Gasteiger partial charge in [0.25, 0.3) is 0 Å². The molecule has 0 unspecified atom stereocenters. The van der Waals surface area contributed by atoms with Crippen molar-refractivity contribution in [2.45, 2.75) is 38.5 Å². The first-order chi connectivity index (χ1) is 7.25. The molecule has 4 fully saturated rings. The zero-order valence-electron chi connectivity index (χ0n) is 8.95. The van der Waals surface area contributed by atoms with Gasteiger partial charge in [-0.2, -0.15) is 0 Å². The normalized spacial score (nSPS) is 48.6. The van der Waals surface area contributed by atoms with Crippen LogP contribution in [0, 0.1) is 23.2 Å². The summed E-state index contributed by atoms with van der Waals surface area (Å²) in [5, 5.41) is 13.5. The highest BCUT2D eigenvalue weighted by Gasteiger charge is 2.53. The van der Waals surface area contributed by atoms with E-state index in [0.717, 1.165) is 28.8 Å². The summed E-state index contributed by atoms with van der Waals surface area (Å²) in [6.07, 6.45) is 8.18. The van der Waals surface area contributed by atoms with Crippen molar-refractivity contribution in [1.29, 1.82) is 0 Å². The number of alkyl halides is 1. The highest BCUT2D eigenvalue weighted by molar-refractivity contribution is 9.09. The number of nitrogens with zero attached hydrogens (tertiary/aromatic N) is 1. The number of rotatable bonds is 2. The summed E-state index contributed by atoms with van der Waals surface area (Å²) in [6.45, 7) is 0. The Balaban J connectivity index is 1.92. The Morgan fingerprint density at radius 3 is 1.93 bits per heavy atom. The zero-order chi connectivity index (χ0) is 10.5. The van der Waals surface area contributed by atoms with Gasteiger partial charge in [0.1, 0.15) is 0 Å². The van der Waals surface area contributed by atoms with E-state index in [1.54, 1.807) is 0 Å².